The molecule has 0 unspecified atom stereocenters. The third-order valence-electron chi connectivity index (χ3n) is 9.37. The quantitative estimate of drug-likeness (QED) is 0.0525. The number of allylic oxidation sites excluding steroid dienone is 3. The van der Waals surface area contributed by atoms with Crippen LogP contribution in [0, 0.1) is 0 Å². The van der Waals surface area contributed by atoms with Crippen LogP contribution >= 0.6 is 0 Å². The Morgan fingerprint density at radius 2 is 1.12 bits per heavy atom. The van der Waals surface area contributed by atoms with Crippen LogP contribution in [0.1, 0.15) is 50.3 Å². The molecular weight excluding hydrogens is 727 g/mol. The van der Waals surface area contributed by atoms with E-state index >= 15 is 0 Å². The zero-order valence-corrected chi connectivity index (χ0v) is 33.6. The summed E-state index contributed by atoms with van der Waals surface area (Å²) >= 11 is 0. The Bertz CT molecular complexity index is 2030. The smallest absolute Gasteiger partial charge is 0.250 e. The molecule has 10 heteroatoms. The van der Waals surface area contributed by atoms with E-state index in [0.29, 0.717) is 18.5 Å². The standard InChI is InChI=1S/C48H55N5O5/c1-5-38(26-22-34(3)4)45(55)50-31-30-44(54)51-41(29-25-35-16-10-7-11-17-35)47(57)53-43(33-37-23-27-40(28-24-37)39-20-14-9-15-21-39)48(58)52-42(46(56)49-6-2)32-36-18-12-8-13-19-36/h5,7-24,26-28,41-43H,3,6,25,29-33H2,1-2,4H3,(H,49,56)(H,50,55)(H,51,54)(H,52,58)(H,53,57)/b26-22-,38-5+/t41-,42-,43-/m1/s1. The molecule has 0 saturated carbocycles. The molecule has 4 rings (SSSR count). The van der Waals surface area contributed by atoms with Crippen molar-refractivity contribution in [3.63, 3.8) is 0 Å². The maximum Gasteiger partial charge on any atom is 0.250 e. The Labute approximate surface area is 342 Å². The lowest BCUT2D eigenvalue weighted by atomic mass is 9.99. The fraction of sp³-hybridized carbons (Fsp3) is 0.271. The second kappa shape index (κ2) is 23.5. The van der Waals surface area contributed by atoms with Crippen LogP contribution in [-0.2, 0) is 43.2 Å². The number of hydrogen-bond donors (Lipinski definition) is 5. The molecule has 302 valence electrons. The molecular formula is C48H55N5O5. The summed E-state index contributed by atoms with van der Waals surface area (Å²) in [5.41, 5.74) is 5.89. The van der Waals surface area contributed by atoms with E-state index in [1.54, 1.807) is 32.1 Å². The topological polar surface area (TPSA) is 146 Å². The molecule has 4 aromatic rings. The van der Waals surface area contributed by atoms with Crippen molar-refractivity contribution in [3.8, 4) is 11.1 Å². The van der Waals surface area contributed by atoms with Crippen molar-refractivity contribution in [2.75, 3.05) is 13.1 Å². The molecule has 0 aliphatic rings. The molecule has 0 spiro atoms. The summed E-state index contributed by atoms with van der Waals surface area (Å²) < 4.78 is 0. The first kappa shape index (κ1) is 44.2. The minimum atomic E-state index is -1.09. The van der Waals surface area contributed by atoms with Crippen LogP contribution in [0.5, 0.6) is 0 Å². The highest BCUT2D eigenvalue weighted by atomic mass is 16.2. The van der Waals surface area contributed by atoms with Crippen LogP contribution in [0.2, 0.25) is 0 Å². The van der Waals surface area contributed by atoms with Crippen molar-refractivity contribution in [2.45, 2.75) is 71.0 Å². The van der Waals surface area contributed by atoms with Gasteiger partial charge in [-0.1, -0.05) is 140 Å². The number of aryl methyl sites for hydroxylation is 1. The van der Waals surface area contributed by atoms with Crippen LogP contribution in [0.4, 0.5) is 0 Å². The lowest BCUT2D eigenvalue weighted by Gasteiger charge is -2.26. The SMILES string of the molecule is C=C(C)/C=C\C(=C/C)C(=O)NCCC(=O)N[C@H](CCc1ccccc1)C(=O)N[C@H](Cc1ccc(-c2ccccc2)cc1)C(=O)N[C@H](Cc1ccccc1)C(=O)NCC. The van der Waals surface area contributed by atoms with Crippen LogP contribution < -0.4 is 26.6 Å². The van der Waals surface area contributed by atoms with Crippen molar-refractivity contribution in [2.24, 2.45) is 0 Å². The number of carbonyl (C=O) groups is 5. The lowest BCUT2D eigenvalue weighted by Crippen LogP contribution is -2.57. The van der Waals surface area contributed by atoms with E-state index in [1.807, 2.05) is 122 Å². The van der Waals surface area contributed by atoms with Gasteiger partial charge in [0.2, 0.25) is 23.6 Å². The first-order valence-electron chi connectivity index (χ1n) is 19.7. The molecule has 0 aromatic heterocycles. The highest BCUT2D eigenvalue weighted by Gasteiger charge is 2.30. The van der Waals surface area contributed by atoms with Gasteiger partial charge in [-0.05, 0) is 67.5 Å². The van der Waals surface area contributed by atoms with Crippen LogP contribution in [0.3, 0.4) is 0 Å². The molecule has 10 nitrogen and oxygen atoms in total. The molecule has 3 atom stereocenters. The van der Waals surface area contributed by atoms with E-state index in [4.69, 9.17) is 0 Å². The van der Waals surface area contributed by atoms with Gasteiger partial charge in [0.15, 0.2) is 0 Å². The first-order valence-corrected chi connectivity index (χ1v) is 19.7. The maximum atomic E-state index is 14.2. The minimum absolute atomic E-state index is 0.0442. The Morgan fingerprint density at radius 1 is 0.603 bits per heavy atom. The normalized spacial score (nSPS) is 12.8. The van der Waals surface area contributed by atoms with E-state index < -0.39 is 35.8 Å². The van der Waals surface area contributed by atoms with Gasteiger partial charge in [-0.3, -0.25) is 24.0 Å². The Balaban J connectivity index is 1.55. The van der Waals surface area contributed by atoms with Crippen molar-refractivity contribution < 1.29 is 24.0 Å². The third-order valence-corrected chi connectivity index (χ3v) is 9.37. The van der Waals surface area contributed by atoms with E-state index in [-0.39, 0.29) is 44.0 Å². The van der Waals surface area contributed by atoms with Gasteiger partial charge in [-0.25, -0.2) is 0 Å². The van der Waals surface area contributed by atoms with Crippen molar-refractivity contribution in [3.05, 3.63) is 168 Å². The van der Waals surface area contributed by atoms with E-state index in [1.165, 1.54) is 0 Å². The summed E-state index contributed by atoms with van der Waals surface area (Å²) in [6.45, 7) is 9.61. The molecule has 58 heavy (non-hydrogen) atoms. The van der Waals surface area contributed by atoms with Crippen LogP contribution in [-0.4, -0.2) is 60.8 Å². The predicted molar refractivity (Wildman–Crippen MR) is 230 cm³/mol. The van der Waals surface area contributed by atoms with Gasteiger partial charge in [-0.2, -0.15) is 0 Å². The lowest BCUT2D eigenvalue weighted by molar-refractivity contribution is -0.133. The van der Waals surface area contributed by atoms with Crippen molar-refractivity contribution >= 4 is 29.5 Å². The summed E-state index contributed by atoms with van der Waals surface area (Å²) in [6.07, 6.45) is 6.08. The third kappa shape index (κ3) is 14.8. The average molecular weight is 782 g/mol. The number of rotatable bonds is 21. The van der Waals surface area contributed by atoms with Crippen LogP contribution in [0.15, 0.2) is 151 Å². The Morgan fingerprint density at radius 3 is 1.69 bits per heavy atom. The fourth-order valence-corrected chi connectivity index (χ4v) is 6.23. The number of benzene rings is 4. The van der Waals surface area contributed by atoms with Gasteiger partial charge >= 0.3 is 0 Å². The molecule has 5 N–H and O–H groups in total. The summed E-state index contributed by atoms with van der Waals surface area (Å²) in [7, 11) is 0. The minimum Gasteiger partial charge on any atom is -0.355 e. The molecule has 5 amide bonds. The Hall–Kier alpha value is -6.55. The molecule has 0 bridgehead atoms. The fourth-order valence-electron chi connectivity index (χ4n) is 6.23. The summed E-state index contributed by atoms with van der Waals surface area (Å²) in [5, 5.41) is 14.3. The number of likely N-dealkylation sites (N-methyl/N-ethyl adjacent to an activating group) is 1. The predicted octanol–water partition coefficient (Wildman–Crippen LogP) is 5.95. The first-order chi connectivity index (χ1) is 28.1. The van der Waals surface area contributed by atoms with Gasteiger partial charge in [-0.15, -0.1) is 0 Å². The zero-order chi connectivity index (χ0) is 41.7. The average Bonchev–Trinajstić information content (AvgIpc) is 3.23. The highest BCUT2D eigenvalue weighted by molar-refractivity contribution is 5.97. The summed E-state index contributed by atoms with van der Waals surface area (Å²) in [5.74, 6) is -2.21. The zero-order valence-electron chi connectivity index (χ0n) is 33.6. The number of amides is 5. The van der Waals surface area contributed by atoms with E-state index in [9.17, 15) is 24.0 Å². The van der Waals surface area contributed by atoms with Gasteiger partial charge in [0.05, 0.1) is 0 Å². The van der Waals surface area contributed by atoms with Gasteiger partial charge < -0.3 is 26.6 Å². The molecule has 0 aliphatic heterocycles. The number of hydrogen-bond acceptors (Lipinski definition) is 5. The second-order valence-corrected chi connectivity index (χ2v) is 14.0. The molecule has 0 fully saturated rings. The van der Waals surface area contributed by atoms with Gasteiger partial charge in [0, 0.05) is 37.9 Å². The monoisotopic (exact) mass is 781 g/mol. The number of nitrogens with one attached hydrogen (secondary N) is 5. The molecule has 0 heterocycles. The molecule has 4 aromatic carbocycles. The van der Waals surface area contributed by atoms with E-state index in [2.05, 4.69) is 33.2 Å². The number of carbonyl (C=O) groups excluding carboxylic acids is 5. The maximum absolute atomic E-state index is 14.2. The summed E-state index contributed by atoms with van der Waals surface area (Å²) in [4.78, 5) is 67.7. The Kier molecular flexibility index (Phi) is 17.9. The van der Waals surface area contributed by atoms with Gasteiger partial charge in [0.1, 0.15) is 18.1 Å². The van der Waals surface area contributed by atoms with Crippen LogP contribution in [0.25, 0.3) is 11.1 Å². The molecule has 0 saturated heterocycles. The largest absolute Gasteiger partial charge is 0.355 e. The molecule has 0 aliphatic carbocycles. The highest BCUT2D eigenvalue weighted by Crippen LogP contribution is 2.20. The van der Waals surface area contributed by atoms with Crippen molar-refractivity contribution in [1.82, 2.24) is 26.6 Å². The molecule has 0 radical (unpaired) electrons. The second-order valence-electron chi connectivity index (χ2n) is 14.0. The summed E-state index contributed by atoms with van der Waals surface area (Å²) in [6, 6.07) is 33.6. The van der Waals surface area contributed by atoms with E-state index in [0.717, 1.165) is 33.4 Å². The van der Waals surface area contributed by atoms with Gasteiger partial charge in [0.25, 0.3) is 5.91 Å². The van der Waals surface area contributed by atoms with Crippen molar-refractivity contribution in [1.29, 1.82) is 0 Å².